The number of carbonyl (C=O) groups is 2. The van der Waals surface area contributed by atoms with Crippen LogP contribution in [0.15, 0.2) is 60.7 Å². The molecule has 5 nitrogen and oxygen atoms in total. The lowest BCUT2D eigenvalue weighted by Gasteiger charge is -2.28. The van der Waals surface area contributed by atoms with E-state index in [1.165, 1.54) is 7.11 Å². The SMILES string of the molecule is COC(=O)[C@@H]1C[C@H](N(C)C#CC(C)(C)C)CN1C(=O)C(c1ccccc1)c1ccccc1. The number of methoxy groups -OCH3 is 1. The smallest absolute Gasteiger partial charge is 0.328 e. The van der Waals surface area contributed by atoms with Crippen LogP contribution in [0, 0.1) is 17.4 Å². The number of hydrogen-bond acceptors (Lipinski definition) is 4. The second-order valence-electron chi connectivity index (χ2n) is 9.27. The van der Waals surface area contributed by atoms with Crippen molar-refractivity contribution in [2.75, 3.05) is 20.7 Å². The summed E-state index contributed by atoms with van der Waals surface area (Å²) < 4.78 is 5.06. The molecule has 0 bridgehead atoms. The molecule has 2 atom stereocenters. The molecular formula is C27H32N2O3. The van der Waals surface area contributed by atoms with Gasteiger partial charge in [0.15, 0.2) is 0 Å². The van der Waals surface area contributed by atoms with E-state index in [0.29, 0.717) is 13.0 Å². The molecule has 0 saturated carbocycles. The van der Waals surface area contributed by atoms with E-state index in [1.54, 1.807) is 4.90 Å². The Labute approximate surface area is 191 Å². The molecule has 1 aliphatic heterocycles. The van der Waals surface area contributed by atoms with Crippen molar-refractivity contribution in [3.8, 4) is 12.0 Å². The van der Waals surface area contributed by atoms with Gasteiger partial charge in [-0.05, 0) is 31.9 Å². The molecule has 1 saturated heterocycles. The molecule has 0 aliphatic carbocycles. The van der Waals surface area contributed by atoms with E-state index in [9.17, 15) is 9.59 Å². The van der Waals surface area contributed by atoms with Gasteiger partial charge in [0.1, 0.15) is 6.04 Å². The molecule has 3 rings (SSSR count). The predicted octanol–water partition coefficient (Wildman–Crippen LogP) is 3.90. The van der Waals surface area contributed by atoms with Crippen molar-refractivity contribution in [2.24, 2.45) is 5.41 Å². The zero-order chi connectivity index (χ0) is 23.3. The number of rotatable bonds is 5. The van der Waals surface area contributed by atoms with Gasteiger partial charge < -0.3 is 14.5 Å². The summed E-state index contributed by atoms with van der Waals surface area (Å²) in [7, 11) is 3.28. The highest BCUT2D eigenvalue weighted by molar-refractivity contribution is 5.91. The van der Waals surface area contributed by atoms with E-state index < -0.39 is 17.9 Å². The molecule has 32 heavy (non-hydrogen) atoms. The van der Waals surface area contributed by atoms with E-state index >= 15 is 0 Å². The number of nitrogens with zero attached hydrogens (tertiary/aromatic N) is 2. The van der Waals surface area contributed by atoms with Crippen molar-refractivity contribution in [3.05, 3.63) is 71.8 Å². The lowest BCUT2D eigenvalue weighted by molar-refractivity contribution is -0.151. The first-order valence-corrected chi connectivity index (χ1v) is 10.9. The summed E-state index contributed by atoms with van der Waals surface area (Å²) in [6.45, 7) is 6.59. The summed E-state index contributed by atoms with van der Waals surface area (Å²) in [5.41, 5.74) is 1.67. The van der Waals surface area contributed by atoms with Gasteiger partial charge in [0.05, 0.1) is 19.1 Å². The number of hydrogen-bond donors (Lipinski definition) is 0. The quantitative estimate of drug-likeness (QED) is 0.409. The average Bonchev–Trinajstić information content (AvgIpc) is 3.24. The van der Waals surface area contributed by atoms with Crippen LogP contribution in [-0.4, -0.2) is 54.5 Å². The molecule has 2 aromatic carbocycles. The van der Waals surface area contributed by atoms with E-state index in [2.05, 4.69) is 32.7 Å². The van der Waals surface area contributed by atoms with Crippen LogP contribution in [0.2, 0.25) is 0 Å². The van der Waals surface area contributed by atoms with Gasteiger partial charge >= 0.3 is 5.97 Å². The zero-order valence-electron chi connectivity index (χ0n) is 19.5. The molecule has 0 radical (unpaired) electrons. The molecule has 0 unspecified atom stereocenters. The third-order valence-electron chi connectivity index (χ3n) is 5.70. The van der Waals surface area contributed by atoms with Crippen LogP contribution in [0.3, 0.4) is 0 Å². The molecule has 1 amide bonds. The fraction of sp³-hybridized carbons (Fsp3) is 0.407. The minimum atomic E-state index is -0.633. The molecule has 1 aliphatic rings. The molecule has 168 valence electrons. The van der Waals surface area contributed by atoms with Gasteiger partial charge in [-0.3, -0.25) is 4.79 Å². The lowest BCUT2D eigenvalue weighted by atomic mass is 9.90. The lowest BCUT2D eigenvalue weighted by Crippen LogP contribution is -2.44. The van der Waals surface area contributed by atoms with Crippen molar-refractivity contribution in [1.82, 2.24) is 9.80 Å². The van der Waals surface area contributed by atoms with Gasteiger partial charge in [0, 0.05) is 31.5 Å². The van der Waals surface area contributed by atoms with Gasteiger partial charge in [0.25, 0.3) is 0 Å². The molecule has 1 fully saturated rings. The molecule has 1 heterocycles. The number of benzene rings is 2. The predicted molar refractivity (Wildman–Crippen MR) is 126 cm³/mol. The summed E-state index contributed by atoms with van der Waals surface area (Å²) >= 11 is 0. The van der Waals surface area contributed by atoms with Crippen molar-refractivity contribution >= 4 is 11.9 Å². The maximum absolute atomic E-state index is 13.9. The number of likely N-dealkylation sites (N-methyl/N-ethyl adjacent to an activating group) is 1. The Morgan fingerprint density at radius 2 is 1.56 bits per heavy atom. The Balaban J connectivity index is 1.94. The number of likely N-dealkylation sites (tertiary alicyclic amines) is 1. The van der Waals surface area contributed by atoms with Crippen molar-refractivity contribution in [1.29, 1.82) is 0 Å². The highest BCUT2D eigenvalue weighted by Gasteiger charge is 2.44. The topological polar surface area (TPSA) is 49.9 Å². The van der Waals surface area contributed by atoms with E-state index in [0.717, 1.165) is 11.1 Å². The fourth-order valence-electron chi connectivity index (χ4n) is 3.98. The number of ether oxygens (including phenoxy) is 1. The first-order chi connectivity index (χ1) is 15.2. The van der Waals surface area contributed by atoms with Crippen molar-refractivity contribution in [3.63, 3.8) is 0 Å². The molecule has 0 spiro atoms. The van der Waals surface area contributed by atoms with Gasteiger partial charge in [-0.15, -0.1) is 0 Å². The third-order valence-corrected chi connectivity index (χ3v) is 5.70. The van der Waals surface area contributed by atoms with Gasteiger partial charge in [0.2, 0.25) is 5.91 Å². The summed E-state index contributed by atoms with van der Waals surface area (Å²) in [6, 6.07) is 21.9. The summed E-state index contributed by atoms with van der Waals surface area (Å²) in [5.74, 6) is 2.25. The van der Waals surface area contributed by atoms with Gasteiger partial charge in [-0.1, -0.05) is 66.6 Å². The highest BCUT2D eigenvalue weighted by atomic mass is 16.5. The fourth-order valence-corrected chi connectivity index (χ4v) is 3.98. The number of amides is 1. The van der Waals surface area contributed by atoms with Crippen LogP contribution < -0.4 is 0 Å². The molecule has 2 aromatic rings. The Hall–Kier alpha value is -3.26. The Kier molecular flexibility index (Phi) is 7.25. The minimum Gasteiger partial charge on any atom is -0.467 e. The first-order valence-electron chi connectivity index (χ1n) is 10.9. The Bertz CT molecular complexity index is 947. The second kappa shape index (κ2) is 9.91. The van der Waals surface area contributed by atoms with Crippen LogP contribution in [0.25, 0.3) is 0 Å². The van der Waals surface area contributed by atoms with E-state index in [4.69, 9.17) is 4.74 Å². The molecule has 0 aromatic heterocycles. The number of carbonyl (C=O) groups excluding carboxylic acids is 2. The summed E-state index contributed by atoms with van der Waals surface area (Å²) in [5, 5.41) is 0. The van der Waals surface area contributed by atoms with Gasteiger partial charge in [-0.2, -0.15) is 0 Å². The second-order valence-corrected chi connectivity index (χ2v) is 9.27. The molecule has 0 N–H and O–H groups in total. The van der Waals surface area contributed by atoms with E-state index in [-0.39, 0.29) is 17.4 Å². The van der Waals surface area contributed by atoms with Gasteiger partial charge in [-0.25, -0.2) is 4.79 Å². The molecule has 5 heteroatoms. The minimum absolute atomic E-state index is 0.0508. The largest absolute Gasteiger partial charge is 0.467 e. The van der Waals surface area contributed by atoms with Crippen molar-refractivity contribution < 1.29 is 14.3 Å². The van der Waals surface area contributed by atoms with Crippen LogP contribution >= 0.6 is 0 Å². The van der Waals surface area contributed by atoms with Crippen LogP contribution in [0.4, 0.5) is 0 Å². The monoisotopic (exact) mass is 432 g/mol. The maximum Gasteiger partial charge on any atom is 0.328 e. The maximum atomic E-state index is 13.9. The Morgan fingerprint density at radius 1 is 1.03 bits per heavy atom. The van der Waals surface area contributed by atoms with Crippen molar-refractivity contribution in [2.45, 2.75) is 45.2 Å². The normalized spacial score (nSPS) is 18.1. The third kappa shape index (κ3) is 5.50. The Morgan fingerprint density at radius 3 is 2.03 bits per heavy atom. The number of esters is 1. The highest BCUT2D eigenvalue weighted by Crippen LogP contribution is 2.32. The first kappa shape index (κ1) is 23.4. The molecular weight excluding hydrogens is 400 g/mol. The average molecular weight is 433 g/mol. The van der Waals surface area contributed by atoms with E-state index in [1.807, 2.05) is 72.6 Å². The zero-order valence-corrected chi connectivity index (χ0v) is 19.5. The standard InChI is InChI=1S/C27H32N2O3/c1-27(2,3)16-17-28(4)22-18-23(26(31)32-5)29(19-22)25(30)24(20-12-8-6-9-13-20)21-14-10-7-11-15-21/h6-15,22-24H,18-19H2,1-5H3/t22-,23-/m0/s1. The van der Waals surface area contributed by atoms with Crippen LogP contribution in [0.5, 0.6) is 0 Å². The summed E-state index contributed by atoms with van der Waals surface area (Å²) in [6.07, 6.45) is 0.490. The van der Waals surface area contributed by atoms with Crippen LogP contribution in [-0.2, 0) is 14.3 Å². The summed E-state index contributed by atoms with van der Waals surface area (Å²) in [4.78, 5) is 30.2. The van der Waals surface area contributed by atoms with Crippen LogP contribution in [0.1, 0.15) is 44.2 Å².